The van der Waals surface area contributed by atoms with Crippen LogP contribution in [0.3, 0.4) is 0 Å². The van der Waals surface area contributed by atoms with Crippen LogP contribution in [0.2, 0.25) is 0 Å². The van der Waals surface area contributed by atoms with Crippen LogP contribution in [0.1, 0.15) is 40.0 Å². The van der Waals surface area contributed by atoms with Gasteiger partial charge in [-0.15, -0.1) is 0 Å². The van der Waals surface area contributed by atoms with Gasteiger partial charge in [0.15, 0.2) is 5.88 Å². The number of hydrogen-bond donors (Lipinski definition) is 2. The van der Waals surface area contributed by atoms with Gasteiger partial charge in [-0.3, -0.25) is 0 Å². The Morgan fingerprint density at radius 1 is 1.25 bits per heavy atom. The highest BCUT2D eigenvalue weighted by atomic mass is 16.5. The molecule has 0 bridgehead atoms. The monoisotopic (exact) mass is 284 g/mol. The number of alkyl carbamates (subject to hydrolysis) is 1. The van der Waals surface area contributed by atoms with Gasteiger partial charge >= 0.3 is 6.09 Å². The molecule has 116 valence electrons. The summed E-state index contributed by atoms with van der Waals surface area (Å²) < 4.78 is 9.76. The lowest BCUT2D eigenvalue weighted by atomic mass is 9.62. The lowest BCUT2D eigenvalue weighted by molar-refractivity contribution is 0.0650. The molecule has 1 aliphatic carbocycles. The van der Waals surface area contributed by atoms with E-state index in [0.717, 1.165) is 19.3 Å². The highest BCUT2D eigenvalue weighted by molar-refractivity contribution is 5.66. The van der Waals surface area contributed by atoms with Gasteiger partial charge < -0.3 is 20.1 Å². The maximum Gasteiger partial charge on any atom is 0.406 e. The third kappa shape index (κ3) is 4.94. The van der Waals surface area contributed by atoms with Crippen molar-refractivity contribution in [1.29, 1.82) is 0 Å². The van der Waals surface area contributed by atoms with Gasteiger partial charge in [-0.05, 0) is 36.7 Å². The normalized spacial score (nSPS) is 28.4. The molecule has 0 heterocycles. The first kappa shape index (κ1) is 16.7. The van der Waals surface area contributed by atoms with Crippen LogP contribution < -0.4 is 10.6 Å². The van der Waals surface area contributed by atoms with E-state index in [1.165, 1.54) is 7.11 Å². The van der Waals surface area contributed by atoms with Gasteiger partial charge in [0.2, 0.25) is 0 Å². The van der Waals surface area contributed by atoms with E-state index < -0.39 is 0 Å². The fourth-order valence-corrected chi connectivity index (χ4v) is 3.51. The highest BCUT2D eigenvalue weighted by Crippen LogP contribution is 2.45. The molecular weight excluding hydrogens is 256 g/mol. The highest BCUT2D eigenvalue weighted by Gasteiger charge is 2.41. The number of rotatable bonds is 5. The largest absolute Gasteiger partial charge is 0.483 e. The van der Waals surface area contributed by atoms with E-state index >= 15 is 0 Å². The molecule has 1 fully saturated rings. The molecule has 1 amide bonds. The van der Waals surface area contributed by atoms with Crippen LogP contribution in [-0.4, -0.2) is 32.9 Å². The van der Waals surface area contributed by atoms with Crippen molar-refractivity contribution in [1.82, 2.24) is 10.6 Å². The van der Waals surface area contributed by atoms with E-state index in [-0.39, 0.29) is 16.9 Å². The first-order chi connectivity index (χ1) is 9.19. The average Bonchev–Trinajstić information content (AvgIpc) is 2.33. The van der Waals surface area contributed by atoms with Crippen molar-refractivity contribution in [3.05, 3.63) is 12.5 Å². The summed E-state index contributed by atoms with van der Waals surface area (Å²) in [4.78, 5) is 11.3. The van der Waals surface area contributed by atoms with Crippen LogP contribution in [0.25, 0.3) is 0 Å². The summed E-state index contributed by atoms with van der Waals surface area (Å²) in [6.45, 7) is 11.2. The van der Waals surface area contributed by atoms with Crippen LogP contribution >= 0.6 is 0 Å². The van der Waals surface area contributed by atoms with E-state index in [0.29, 0.717) is 18.5 Å². The fourth-order valence-electron chi connectivity index (χ4n) is 3.51. The molecule has 1 saturated carbocycles. The number of carbonyl (C=O) groups excluding carboxylic acids is 1. The van der Waals surface area contributed by atoms with Gasteiger partial charge in [-0.1, -0.05) is 20.8 Å². The van der Waals surface area contributed by atoms with Crippen molar-refractivity contribution >= 4 is 6.09 Å². The van der Waals surface area contributed by atoms with Gasteiger partial charge in [-0.2, -0.15) is 0 Å². The van der Waals surface area contributed by atoms with Gasteiger partial charge in [0.1, 0.15) is 0 Å². The van der Waals surface area contributed by atoms with E-state index in [2.05, 4.69) is 42.7 Å². The summed E-state index contributed by atoms with van der Waals surface area (Å²) in [6.07, 6.45) is 2.70. The van der Waals surface area contributed by atoms with E-state index in [9.17, 15) is 4.79 Å². The third-order valence-corrected chi connectivity index (χ3v) is 3.90. The molecule has 0 aromatic heterocycles. The smallest absolute Gasteiger partial charge is 0.406 e. The van der Waals surface area contributed by atoms with Gasteiger partial charge in [0.25, 0.3) is 0 Å². The minimum absolute atomic E-state index is 0.0294. The molecule has 0 saturated heterocycles. The zero-order chi connectivity index (χ0) is 15.4. The van der Waals surface area contributed by atoms with Crippen molar-refractivity contribution in [3.8, 4) is 0 Å². The number of carbonyl (C=O) groups is 1. The lowest BCUT2D eigenvalue weighted by Crippen LogP contribution is -2.49. The van der Waals surface area contributed by atoms with E-state index in [1.807, 2.05) is 0 Å². The maximum atomic E-state index is 11.3. The van der Waals surface area contributed by atoms with Crippen molar-refractivity contribution in [3.63, 3.8) is 0 Å². The van der Waals surface area contributed by atoms with Crippen molar-refractivity contribution in [2.24, 2.45) is 10.8 Å². The Morgan fingerprint density at radius 3 is 2.45 bits per heavy atom. The number of hydrogen-bond acceptors (Lipinski definition) is 4. The Hall–Kier alpha value is -1.39. The molecule has 1 rings (SSSR count). The van der Waals surface area contributed by atoms with E-state index in [1.54, 1.807) is 7.11 Å². The topological polar surface area (TPSA) is 59.6 Å². The molecule has 0 radical (unpaired) electrons. The van der Waals surface area contributed by atoms with Crippen molar-refractivity contribution in [2.45, 2.75) is 46.1 Å². The van der Waals surface area contributed by atoms with Crippen LogP contribution in [-0.2, 0) is 9.47 Å². The van der Waals surface area contributed by atoms with Gasteiger partial charge in [0, 0.05) is 12.6 Å². The molecule has 1 aliphatic rings. The summed E-state index contributed by atoms with van der Waals surface area (Å²) in [7, 11) is 3.00. The second-order valence-corrected chi connectivity index (χ2v) is 6.87. The summed E-state index contributed by atoms with van der Waals surface area (Å²) in [6, 6.07) is 0.302. The van der Waals surface area contributed by atoms with Gasteiger partial charge in [0.05, 0.1) is 14.2 Å². The molecule has 2 atom stereocenters. The Bertz CT molecular complexity index is 368. The van der Waals surface area contributed by atoms with Gasteiger partial charge in [-0.25, -0.2) is 4.79 Å². The quantitative estimate of drug-likeness (QED) is 0.762. The van der Waals surface area contributed by atoms with Crippen LogP contribution in [0.5, 0.6) is 0 Å². The minimum Gasteiger partial charge on any atom is -0.483 e. The summed E-state index contributed by atoms with van der Waals surface area (Å²) in [5.41, 5.74) is 0.234. The molecule has 0 aliphatic heterocycles. The number of methoxy groups -OCH3 is 2. The predicted octanol–water partition coefficient (Wildman–Crippen LogP) is 2.63. The second-order valence-electron chi connectivity index (χ2n) is 6.87. The molecule has 20 heavy (non-hydrogen) atoms. The first-order valence-electron chi connectivity index (χ1n) is 7.01. The zero-order valence-corrected chi connectivity index (χ0v) is 13.3. The Balaban J connectivity index is 2.70. The molecule has 2 N–H and O–H groups in total. The lowest BCUT2D eigenvalue weighted by Gasteiger charge is -2.47. The summed E-state index contributed by atoms with van der Waals surface area (Å²) in [5.74, 6) is 0.593. The van der Waals surface area contributed by atoms with Crippen molar-refractivity contribution < 1.29 is 14.3 Å². The Kier molecular flexibility index (Phi) is 5.31. The fraction of sp³-hybridized carbons (Fsp3) is 0.800. The van der Waals surface area contributed by atoms with Crippen LogP contribution in [0.15, 0.2) is 12.5 Å². The van der Waals surface area contributed by atoms with Crippen molar-refractivity contribution in [2.75, 3.05) is 20.8 Å². The van der Waals surface area contributed by atoms with Crippen LogP contribution in [0, 0.1) is 10.8 Å². The SMILES string of the molecule is C=C(NC1CC(C)(C)CC(C)(CNC(=O)OC)C1)OC. The molecule has 0 aromatic rings. The molecule has 5 heteroatoms. The Labute approximate surface area is 122 Å². The molecular formula is C15H28N2O3. The minimum atomic E-state index is -0.375. The predicted molar refractivity (Wildman–Crippen MR) is 79.2 cm³/mol. The zero-order valence-electron chi connectivity index (χ0n) is 13.3. The van der Waals surface area contributed by atoms with E-state index in [4.69, 9.17) is 4.74 Å². The molecule has 0 spiro atoms. The Morgan fingerprint density at radius 2 is 1.90 bits per heavy atom. The average molecular weight is 284 g/mol. The van der Waals surface area contributed by atoms with Crippen LogP contribution in [0.4, 0.5) is 4.79 Å². The standard InChI is InChI=1S/C15H28N2O3/c1-11(19-5)17-12-7-14(2,3)9-15(4,8-12)10-16-13(18)20-6/h12,17H,1,7-10H2,2-6H3,(H,16,18). The summed E-state index contributed by atoms with van der Waals surface area (Å²) in [5, 5.41) is 6.15. The first-order valence-corrected chi connectivity index (χ1v) is 7.01. The molecule has 0 aromatic carbocycles. The third-order valence-electron chi connectivity index (χ3n) is 3.90. The summed E-state index contributed by atoms with van der Waals surface area (Å²) >= 11 is 0. The second kappa shape index (κ2) is 6.37. The number of ether oxygens (including phenoxy) is 2. The maximum absolute atomic E-state index is 11.3. The molecule has 2 unspecified atom stereocenters. The molecule has 5 nitrogen and oxygen atoms in total. The number of nitrogens with one attached hydrogen (secondary N) is 2. The number of amides is 1.